The van der Waals surface area contributed by atoms with Gasteiger partial charge in [-0.3, -0.25) is 4.98 Å². The molecule has 1 heterocycles. The van der Waals surface area contributed by atoms with Gasteiger partial charge in [-0.15, -0.1) is 0 Å². The first-order valence-electron chi connectivity index (χ1n) is 5.86. The van der Waals surface area contributed by atoms with Crippen LogP contribution in [-0.2, 0) is 0 Å². The summed E-state index contributed by atoms with van der Waals surface area (Å²) in [5.74, 6) is -0.197. The van der Waals surface area contributed by atoms with E-state index in [0.29, 0.717) is 5.56 Å². The zero-order valence-corrected chi connectivity index (χ0v) is 10.0. The van der Waals surface area contributed by atoms with Gasteiger partial charge >= 0.3 is 0 Å². The van der Waals surface area contributed by atoms with Gasteiger partial charge in [-0.1, -0.05) is 29.8 Å². The van der Waals surface area contributed by atoms with Gasteiger partial charge in [-0.25, -0.2) is 4.39 Å². The van der Waals surface area contributed by atoms with Crippen LogP contribution in [0.1, 0.15) is 5.56 Å². The maximum atomic E-state index is 14.0. The molecule has 0 spiro atoms. The van der Waals surface area contributed by atoms with E-state index in [2.05, 4.69) is 4.98 Å². The maximum absolute atomic E-state index is 14.0. The third kappa shape index (κ3) is 1.76. The lowest BCUT2D eigenvalue weighted by atomic mass is 9.99. The summed E-state index contributed by atoms with van der Waals surface area (Å²) in [4.78, 5) is 4.30. The van der Waals surface area contributed by atoms with Crippen molar-refractivity contribution in [2.24, 2.45) is 0 Å². The number of benzene rings is 2. The Morgan fingerprint density at radius 1 is 0.944 bits per heavy atom. The lowest BCUT2D eigenvalue weighted by molar-refractivity contribution is 0.631. The van der Waals surface area contributed by atoms with Crippen LogP contribution in [0, 0.1) is 12.7 Å². The molecule has 18 heavy (non-hydrogen) atoms. The van der Waals surface area contributed by atoms with Gasteiger partial charge in [-0.2, -0.15) is 0 Å². The summed E-state index contributed by atoms with van der Waals surface area (Å²) < 4.78 is 14.0. The Balaban J connectivity index is 2.35. The molecule has 3 aromatic rings. The molecule has 3 rings (SSSR count). The maximum Gasteiger partial charge on any atom is 0.131 e. The second-order valence-corrected chi connectivity index (χ2v) is 4.36. The Morgan fingerprint density at radius 2 is 1.83 bits per heavy atom. The molecule has 0 aliphatic heterocycles. The third-order valence-corrected chi connectivity index (χ3v) is 3.06. The van der Waals surface area contributed by atoms with Crippen LogP contribution < -0.4 is 0 Å². The number of hydrogen-bond acceptors (Lipinski definition) is 1. The van der Waals surface area contributed by atoms with Crippen molar-refractivity contribution >= 4 is 10.9 Å². The zero-order valence-electron chi connectivity index (χ0n) is 10.0. The fraction of sp³-hybridized carbons (Fsp3) is 0.0625. The summed E-state index contributed by atoms with van der Waals surface area (Å²) in [6.45, 7) is 1.96. The molecule has 1 aromatic heterocycles. The van der Waals surface area contributed by atoms with Crippen molar-refractivity contribution < 1.29 is 4.39 Å². The first-order chi connectivity index (χ1) is 8.75. The van der Waals surface area contributed by atoms with E-state index >= 15 is 0 Å². The Hall–Kier alpha value is -2.22. The van der Waals surface area contributed by atoms with Crippen LogP contribution in [0.25, 0.3) is 22.0 Å². The van der Waals surface area contributed by atoms with Gasteiger partial charge in [0.1, 0.15) is 5.82 Å². The molecule has 0 bridgehead atoms. The predicted molar refractivity (Wildman–Crippen MR) is 71.9 cm³/mol. The Morgan fingerprint density at radius 3 is 2.72 bits per heavy atom. The van der Waals surface area contributed by atoms with Crippen molar-refractivity contribution in [1.82, 2.24) is 4.98 Å². The number of pyridine rings is 1. The quantitative estimate of drug-likeness (QED) is 0.613. The smallest absolute Gasteiger partial charge is 0.131 e. The zero-order chi connectivity index (χ0) is 12.5. The Kier molecular flexibility index (Phi) is 2.56. The van der Waals surface area contributed by atoms with Crippen molar-refractivity contribution in [3.63, 3.8) is 0 Å². The number of aromatic nitrogens is 1. The summed E-state index contributed by atoms with van der Waals surface area (Å²) in [6, 6.07) is 14.8. The lowest BCUT2D eigenvalue weighted by Gasteiger charge is -2.08. The second kappa shape index (κ2) is 4.22. The summed E-state index contributed by atoms with van der Waals surface area (Å²) in [5.41, 5.74) is 3.46. The van der Waals surface area contributed by atoms with E-state index in [1.807, 2.05) is 43.3 Å². The van der Waals surface area contributed by atoms with E-state index in [-0.39, 0.29) is 5.82 Å². The van der Waals surface area contributed by atoms with Crippen molar-refractivity contribution in [1.29, 1.82) is 0 Å². The minimum atomic E-state index is -0.197. The van der Waals surface area contributed by atoms with Crippen LogP contribution >= 0.6 is 0 Å². The van der Waals surface area contributed by atoms with Gasteiger partial charge in [0.05, 0.1) is 5.52 Å². The molecular weight excluding hydrogens is 225 g/mol. The number of fused-ring (bicyclic) bond motifs is 1. The van der Waals surface area contributed by atoms with Gasteiger partial charge in [0.2, 0.25) is 0 Å². The highest BCUT2D eigenvalue weighted by molar-refractivity contribution is 5.94. The summed E-state index contributed by atoms with van der Waals surface area (Å²) >= 11 is 0. The van der Waals surface area contributed by atoms with Crippen LogP contribution in [-0.4, -0.2) is 4.98 Å². The molecule has 88 valence electrons. The number of nitrogens with zero attached hydrogens (tertiary/aromatic N) is 1. The SMILES string of the molecule is Cc1ccc(F)c(-c2cccc3ncccc23)c1. The highest BCUT2D eigenvalue weighted by Crippen LogP contribution is 2.30. The first kappa shape index (κ1) is 10.9. The van der Waals surface area contributed by atoms with Gasteiger partial charge in [0.25, 0.3) is 0 Å². The van der Waals surface area contributed by atoms with Crippen LogP contribution in [0.5, 0.6) is 0 Å². The lowest BCUT2D eigenvalue weighted by Crippen LogP contribution is -1.88. The van der Waals surface area contributed by atoms with Crippen LogP contribution in [0.4, 0.5) is 4.39 Å². The van der Waals surface area contributed by atoms with Crippen LogP contribution in [0.3, 0.4) is 0 Å². The fourth-order valence-corrected chi connectivity index (χ4v) is 2.18. The van der Waals surface area contributed by atoms with Crippen molar-refractivity contribution in [2.45, 2.75) is 6.92 Å². The molecule has 1 nitrogen and oxygen atoms in total. The fourth-order valence-electron chi connectivity index (χ4n) is 2.18. The van der Waals surface area contributed by atoms with E-state index in [4.69, 9.17) is 0 Å². The molecule has 2 aromatic carbocycles. The van der Waals surface area contributed by atoms with Crippen LogP contribution in [0.2, 0.25) is 0 Å². The summed E-state index contributed by atoms with van der Waals surface area (Å²) in [5, 5.41) is 0.976. The van der Waals surface area contributed by atoms with Crippen molar-refractivity contribution in [3.05, 3.63) is 66.1 Å². The topological polar surface area (TPSA) is 12.9 Å². The molecule has 0 atom stereocenters. The van der Waals surface area contributed by atoms with E-state index in [9.17, 15) is 4.39 Å². The van der Waals surface area contributed by atoms with E-state index in [1.54, 1.807) is 12.3 Å². The van der Waals surface area contributed by atoms with Crippen molar-refractivity contribution in [3.8, 4) is 11.1 Å². The Labute approximate surface area is 105 Å². The number of aryl methyl sites for hydroxylation is 1. The van der Waals surface area contributed by atoms with Crippen LogP contribution in [0.15, 0.2) is 54.7 Å². The third-order valence-electron chi connectivity index (χ3n) is 3.06. The normalized spacial score (nSPS) is 10.8. The molecule has 0 N–H and O–H groups in total. The van der Waals surface area contributed by atoms with Crippen molar-refractivity contribution in [2.75, 3.05) is 0 Å². The van der Waals surface area contributed by atoms with E-state index in [0.717, 1.165) is 22.0 Å². The van der Waals surface area contributed by atoms with Gasteiger partial charge in [0, 0.05) is 17.1 Å². The molecule has 0 amide bonds. The monoisotopic (exact) mass is 237 g/mol. The molecule has 0 saturated heterocycles. The highest BCUT2D eigenvalue weighted by atomic mass is 19.1. The van der Waals surface area contributed by atoms with E-state index < -0.39 is 0 Å². The van der Waals surface area contributed by atoms with Gasteiger partial charge in [-0.05, 0) is 36.8 Å². The number of rotatable bonds is 1. The van der Waals surface area contributed by atoms with E-state index in [1.165, 1.54) is 6.07 Å². The highest BCUT2D eigenvalue weighted by Gasteiger charge is 2.08. The second-order valence-electron chi connectivity index (χ2n) is 4.36. The summed E-state index contributed by atoms with van der Waals surface area (Å²) in [7, 11) is 0. The molecule has 0 aliphatic carbocycles. The molecule has 0 unspecified atom stereocenters. The standard InChI is InChI=1S/C16H12FN/c1-11-7-8-15(17)14(10-11)12-4-2-6-16-13(12)5-3-9-18-16/h2-10H,1H3. The molecular formula is C16H12FN. The molecule has 2 heteroatoms. The van der Waals surface area contributed by atoms with Gasteiger partial charge < -0.3 is 0 Å². The number of hydrogen-bond donors (Lipinski definition) is 0. The average Bonchev–Trinajstić information content (AvgIpc) is 2.41. The molecule has 0 aliphatic rings. The largest absolute Gasteiger partial charge is 0.256 e. The first-order valence-corrected chi connectivity index (χ1v) is 5.86. The minimum absolute atomic E-state index is 0.197. The average molecular weight is 237 g/mol. The predicted octanol–water partition coefficient (Wildman–Crippen LogP) is 4.35. The minimum Gasteiger partial charge on any atom is -0.256 e. The summed E-state index contributed by atoms with van der Waals surface area (Å²) in [6.07, 6.45) is 1.75. The molecule has 0 saturated carbocycles. The number of halogens is 1. The Bertz CT molecular complexity index is 714. The van der Waals surface area contributed by atoms with Gasteiger partial charge in [0.15, 0.2) is 0 Å². The molecule has 0 fully saturated rings. The molecule has 0 radical (unpaired) electrons.